The fourth-order valence-electron chi connectivity index (χ4n) is 1.33. The summed E-state index contributed by atoms with van der Waals surface area (Å²) in [6, 6.07) is 7.57. The maximum atomic E-state index is 9.72. The first-order valence-corrected chi connectivity index (χ1v) is 3.65. The van der Waals surface area contributed by atoms with Crippen LogP contribution in [0.2, 0.25) is 0 Å². The number of hydrogen-bond donors (Lipinski definition) is 1. The van der Waals surface area contributed by atoms with E-state index in [9.17, 15) is 5.11 Å². The molecule has 1 heterocycles. The van der Waals surface area contributed by atoms with Gasteiger partial charge in [-0.1, -0.05) is 18.2 Å². The molecule has 0 spiro atoms. The molecule has 0 aromatic heterocycles. The van der Waals surface area contributed by atoms with Crippen LogP contribution in [0.15, 0.2) is 24.3 Å². The minimum atomic E-state index is -0.795. The van der Waals surface area contributed by atoms with E-state index in [-0.39, 0.29) is 0 Å². The Kier molecular flexibility index (Phi) is 1.20. The molecule has 0 saturated carbocycles. The Hall–Kier alpha value is -1.02. The average Bonchev–Trinajstić information content (AvgIpc) is 2.29. The quantitative estimate of drug-likeness (QED) is 0.603. The fourth-order valence-corrected chi connectivity index (χ4v) is 1.33. The minimum Gasteiger partial charge on any atom is -0.490 e. The van der Waals surface area contributed by atoms with Gasteiger partial charge < -0.3 is 9.84 Å². The predicted molar refractivity (Wildman–Crippen MR) is 41.5 cm³/mol. The molecule has 2 heteroatoms. The van der Waals surface area contributed by atoms with Gasteiger partial charge in [0.15, 0.2) is 0 Å². The van der Waals surface area contributed by atoms with E-state index in [1.165, 1.54) is 0 Å². The average molecular weight is 150 g/mol. The van der Waals surface area contributed by atoms with Gasteiger partial charge in [-0.15, -0.1) is 0 Å². The van der Waals surface area contributed by atoms with Crippen LogP contribution in [0.4, 0.5) is 0 Å². The van der Waals surface area contributed by atoms with Crippen LogP contribution in [-0.4, -0.2) is 11.7 Å². The molecule has 1 aliphatic heterocycles. The Morgan fingerprint density at radius 1 is 1.45 bits per heavy atom. The SMILES string of the molecule is C[C@]1(O)COc2ccccc21. The summed E-state index contributed by atoms with van der Waals surface area (Å²) in [6.45, 7) is 2.13. The Morgan fingerprint density at radius 2 is 2.18 bits per heavy atom. The zero-order chi connectivity index (χ0) is 7.90. The molecule has 0 unspecified atom stereocenters. The van der Waals surface area contributed by atoms with Gasteiger partial charge in [0.1, 0.15) is 18.0 Å². The summed E-state index contributed by atoms with van der Waals surface area (Å²) < 4.78 is 5.26. The molecule has 1 aliphatic rings. The Bertz CT molecular complexity index is 279. The first kappa shape index (κ1) is 6.68. The Morgan fingerprint density at radius 3 is 2.91 bits per heavy atom. The van der Waals surface area contributed by atoms with Crippen LogP contribution in [0, 0.1) is 0 Å². The molecule has 0 amide bonds. The van der Waals surface area contributed by atoms with Crippen molar-refractivity contribution in [3.05, 3.63) is 29.8 Å². The highest BCUT2D eigenvalue weighted by Crippen LogP contribution is 2.35. The zero-order valence-corrected chi connectivity index (χ0v) is 6.37. The smallest absolute Gasteiger partial charge is 0.125 e. The van der Waals surface area contributed by atoms with E-state index in [4.69, 9.17) is 4.74 Å². The van der Waals surface area contributed by atoms with Crippen molar-refractivity contribution in [2.24, 2.45) is 0 Å². The van der Waals surface area contributed by atoms with E-state index in [1.807, 2.05) is 24.3 Å². The lowest BCUT2D eigenvalue weighted by Gasteiger charge is -2.12. The molecule has 0 aliphatic carbocycles. The standard InChI is InChI=1S/C9H10O2/c1-9(10)6-11-8-5-3-2-4-7(8)9/h2-5,10H,6H2,1H3/t9-/m0/s1. The predicted octanol–water partition coefficient (Wildman–Crippen LogP) is 1.29. The molecule has 0 saturated heterocycles. The number of ether oxygens (including phenoxy) is 1. The second kappa shape index (κ2) is 1.98. The van der Waals surface area contributed by atoms with Crippen LogP contribution < -0.4 is 4.74 Å². The van der Waals surface area contributed by atoms with Gasteiger partial charge in [-0.05, 0) is 13.0 Å². The van der Waals surface area contributed by atoms with E-state index in [1.54, 1.807) is 6.92 Å². The molecule has 58 valence electrons. The van der Waals surface area contributed by atoms with Gasteiger partial charge in [0.05, 0.1) is 0 Å². The fraction of sp³-hybridized carbons (Fsp3) is 0.333. The lowest BCUT2D eigenvalue weighted by molar-refractivity contribution is 0.0349. The van der Waals surface area contributed by atoms with Gasteiger partial charge in [0.2, 0.25) is 0 Å². The molecule has 1 aromatic rings. The van der Waals surface area contributed by atoms with Crippen LogP contribution >= 0.6 is 0 Å². The van der Waals surface area contributed by atoms with Gasteiger partial charge in [-0.3, -0.25) is 0 Å². The highest BCUT2D eigenvalue weighted by molar-refractivity contribution is 5.40. The number of aliphatic hydroxyl groups is 1. The second-order valence-electron chi connectivity index (χ2n) is 3.06. The third kappa shape index (κ3) is 0.906. The number of benzene rings is 1. The molecule has 0 radical (unpaired) electrons. The molecule has 0 fully saturated rings. The number of fused-ring (bicyclic) bond motifs is 1. The Labute approximate surface area is 65.4 Å². The summed E-state index contributed by atoms with van der Waals surface area (Å²) in [6.07, 6.45) is 0. The maximum absolute atomic E-state index is 9.72. The van der Waals surface area contributed by atoms with Crippen LogP contribution in [0.3, 0.4) is 0 Å². The molecule has 2 nitrogen and oxygen atoms in total. The van der Waals surface area contributed by atoms with Crippen molar-refractivity contribution in [2.75, 3.05) is 6.61 Å². The highest BCUT2D eigenvalue weighted by Gasteiger charge is 2.33. The van der Waals surface area contributed by atoms with Crippen molar-refractivity contribution >= 4 is 0 Å². The molecular weight excluding hydrogens is 140 g/mol. The van der Waals surface area contributed by atoms with Crippen LogP contribution in [0.5, 0.6) is 5.75 Å². The summed E-state index contributed by atoms with van der Waals surface area (Å²) in [5, 5.41) is 9.72. The van der Waals surface area contributed by atoms with Gasteiger partial charge in [0.25, 0.3) is 0 Å². The molecule has 0 bridgehead atoms. The molecule has 1 N–H and O–H groups in total. The normalized spacial score (nSPS) is 27.8. The second-order valence-corrected chi connectivity index (χ2v) is 3.06. The van der Waals surface area contributed by atoms with E-state index >= 15 is 0 Å². The van der Waals surface area contributed by atoms with E-state index in [0.717, 1.165) is 11.3 Å². The number of rotatable bonds is 0. The van der Waals surface area contributed by atoms with Crippen molar-refractivity contribution in [2.45, 2.75) is 12.5 Å². The molecule has 1 atom stereocenters. The number of para-hydroxylation sites is 1. The highest BCUT2D eigenvalue weighted by atomic mass is 16.5. The number of hydrogen-bond acceptors (Lipinski definition) is 2. The van der Waals surface area contributed by atoms with Gasteiger partial charge in [-0.25, -0.2) is 0 Å². The van der Waals surface area contributed by atoms with Gasteiger partial charge in [0, 0.05) is 5.56 Å². The summed E-state index contributed by atoms with van der Waals surface area (Å²) in [5.74, 6) is 0.803. The van der Waals surface area contributed by atoms with E-state index in [2.05, 4.69) is 0 Å². The monoisotopic (exact) mass is 150 g/mol. The third-order valence-corrected chi connectivity index (χ3v) is 1.98. The van der Waals surface area contributed by atoms with Gasteiger partial charge in [-0.2, -0.15) is 0 Å². The molecular formula is C9H10O2. The van der Waals surface area contributed by atoms with Crippen molar-refractivity contribution in [3.63, 3.8) is 0 Å². The zero-order valence-electron chi connectivity index (χ0n) is 6.37. The summed E-state index contributed by atoms with van der Waals surface area (Å²) >= 11 is 0. The lowest BCUT2D eigenvalue weighted by Crippen LogP contribution is -2.22. The minimum absolute atomic E-state index is 0.367. The third-order valence-electron chi connectivity index (χ3n) is 1.98. The largest absolute Gasteiger partial charge is 0.490 e. The van der Waals surface area contributed by atoms with Crippen molar-refractivity contribution in [1.82, 2.24) is 0 Å². The summed E-state index contributed by atoms with van der Waals surface area (Å²) in [7, 11) is 0. The van der Waals surface area contributed by atoms with Crippen molar-refractivity contribution in [3.8, 4) is 5.75 Å². The first-order chi connectivity index (χ1) is 5.20. The van der Waals surface area contributed by atoms with Crippen LogP contribution in [0.1, 0.15) is 12.5 Å². The first-order valence-electron chi connectivity index (χ1n) is 3.65. The van der Waals surface area contributed by atoms with E-state index in [0.29, 0.717) is 6.61 Å². The van der Waals surface area contributed by atoms with Crippen molar-refractivity contribution in [1.29, 1.82) is 0 Å². The van der Waals surface area contributed by atoms with Gasteiger partial charge >= 0.3 is 0 Å². The summed E-state index contributed by atoms with van der Waals surface area (Å²) in [4.78, 5) is 0. The maximum Gasteiger partial charge on any atom is 0.125 e. The summed E-state index contributed by atoms with van der Waals surface area (Å²) in [5.41, 5.74) is 0.0938. The van der Waals surface area contributed by atoms with Crippen molar-refractivity contribution < 1.29 is 9.84 Å². The molecule has 2 rings (SSSR count). The topological polar surface area (TPSA) is 29.5 Å². The van der Waals surface area contributed by atoms with Crippen LogP contribution in [-0.2, 0) is 5.60 Å². The molecule has 11 heavy (non-hydrogen) atoms. The Balaban J connectivity index is 2.56. The van der Waals surface area contributed by atoms with Crippen LogP contribution in [0.25, 0.3) is 0 Å². The lowest BCUT2D eigenvalue weighted by atomic mass is 9.99. The van der Waals surface area contributed by atoms with E-state index < -0.39 is 5.60 Å². The molecule has 1 aromatic carbocycles.